The van der Waals surface area contributed by atoms with Crippen LogP contribution in [-0.4, -0.2) is 11.2 Å². The topological polar surface area (TPSA) is 61.7 Å². The first kappa shape index (κ1) is 17.9. The van der Waals surface area contributed by atoms with Crippen LogP contribution in [0.5, 0.6) is 5.88 Å². The molecular formula is C20H13Cl2N3O. The molecule has 0 radical (unpaired) electrons. The summed E-state index contributed by atoms with van der Waals surface area (Å²) in [4.78, 5) is 0. The molecular weight excluding hydrogens is 369 g/mol. The van der Waals surface area contributed by atoms with Crippen LogP contribution < -0.4 is 4.74 Å². The summed E-state index contributed by atoms with van der Waals surface area (Å²) in [5.74, 6) is 0.478. The highest BCUT2D eigenvalue weighted by Crippen LogP contribution is 2.41. The smallest absolute Gasteiger partial charge is 0.206 e. The van der Waals surface area contributed by atoms with E-state index in [1.54, 1.807) is 18.2 Å². The highest BCUT2D eigenvalue weighted by Gasteiger charge is 2.21. The number of allylic oxidation sites excluding steroid dienone is 1. The Kier molecular flexibility index (Phi) is 5.19. The van der Waals surface area contributed by atoms with Crippen molar-refractivity contribution in [3.8, 4) is 23.7 Å². The molecule has 0 amide bonds. The normalized spacial score (nSPS) is 10.2. The molecule has 0 saturated heterocycles. The third kappa shape index (κ3) is 3.02. The van der Waals surface area contributed by atoms with E-state index < -0.39 is 0 Å². The lowest BCUT2D eigenvalue weighted by Gasteiger charge is -2.14. The van der Waals surface area contributed by atoms with Crippen molar-refractivity contribution in [1.29, 1.82) is 10.5 Å². The molecule has 128 valence electrons. The van der Waals surface area contributed by atoms with Gasteiger partial charge in [0.15, 0.2) is 0 Å². The fourth-order valence-corrected chi connectivity index (χ4v) is 3.38. The SMILES string of the molecule is CCOc1c(C=C(C#N)C#N)c2ccccc2n1-c1c(Cl)cccc1Cl. The first-order valence-electron chi connectivity index (χ1n) is 7.84. The fraction of sp³-hybridized carbons (Fsp3) is 0.100. The second kappa shape index (κ2) is 7.54. The summed E-state index contributed by atoms with van der Waals surface area (Å²) in [5.41, 5.74) is 2.02. The van der Waals surface area contributed by atoms with Gasteiger partial charge in [-0.1, -0.05) is 47.5 Å². The van der Waals surface area contributed by atoms with Gasteiger partial charge in [-0.3, -0.25) is 4.57 Å². The number of nitrogens with zero attached hydrogens (tertiary/aromatic N) is 3. The number of fused-ring (bicyclic) bond motifs is 1. The third-order valence-corrected chi connectivity index (χ3v) is 4.45. The van der Waals surface area contributed by atoms with Gasteiger partial charge in [-0.25, -0.2) is 0 Å². The molecule has 3 aromatic rings. The van der Waals surface area contributed by atoms with Gasteiger partial charge in [-0.15, -0.1) is 0 Å². The molecule has 1 heterocycles. The van der Waals surface area contributed by atoms with Crippen molar-refractivity contribution < 1.29 is 4.74 Å². The molecule has 4 nitrogen and oxygen atoms in total. The van der Waals surface area contributed by atoms with Crippen molar-refractivity contribution in [3.05, 3.63) is 63.6 Å². The average molecular weight is 382 g/mol. The van der Waals surface area contributed by atoms with Gasteiger partial charge in [-0.2, -0.15) is 10.5 Å². The summed E-state index contributed by atoms with van der Waals surface area (Å²) in [6.07, 6.45) is 1.52. The summed E-state index contributed by atoms with van der Waals surface area (Å²) in [6.45, 7) is 2.26. The minimum Gasteiger partial charge on any atom is -0.478 e. The minimum atomic E-state index is -0.0147. The van der Waals surface area contributed by atoms with Gasteiger partial charge in [0.25, 0.3) is 0 Å². The number of aromatic nitrogens is 1. The maximum atomic E-state index is 9.16. The largest absolute Gasteiger partial charge is 0.478 e. The lowest BCUT2D eigenvalue weighted by atomic mass is 10.1. The highest BCUT2D eigenvalue weighted by molar-refractivity contribution is 6.38. The van der Waals surface area contributed by atoms with Crippen LogP contribution in [0.2, 0.25) is 10.0 Å². The molecule has 0 fully saturated rings. The van der Waals surface area contributed by atoms with E-state index in [2.05, 4.69) is 0 Å². The van der Waals surface area contributed by atoms with Crippen molar-refractivity contribution in [3.63, 3.8) is 0 Å². The van der Waals surface area contributed by atoms with Crippen molar-refractivity contribution >= 4 is 40.2 Å². The first-order chi connectivity index (χ1) is 12.6. The van der Waals surface area contributed by atoms with Gasteiger partial charge in [0.1, 0.15) is 17.7 Å². The van der Waals surface area contributed by atoms with Crippen molar-refractivity contribution in [2.75, 3.05) is 6.61 Å². The Hall–Kier alpha value is -2.92. The van der Waals surface area contributed by atoms with Crippen LogP contribution >= 0.6 is 23.2 Å². The summed E-state index contributed by atoms with van der Waals surface area (Å²) in [6, 6.07) is 16.6. The van der Waals surface area contributed by atoms with Crippen LogP contribution in [0.3, 0.4) is 0 Å². The van der Waals surface area contributed by atoms with E-state index in [4.69, 9.17) is 38.5 Å². The number of hydrogen-bond acceptors (Lipinski definition) is 3. The summed E-state index contributed by atoms with van der Waals surface area (Å²) in [7, 11) is 0. The summed E-state index contributed by atoms with van der Waals surface area (Å²) >= 11 is 12.9. The predicted molar refractivity (Wildman–Crippen MR) is 104 cm³/mol. The molecule has 0 N–H and O–H groups in total. The number of benzene rings is 2. The molecule has 0 bridgehead atoms. The third-order valence-electron chi connectivity index (χ3n) is 3.84. The van der Waals surface area contributed by atoms with Crippen LogP contribution in [0.4, 0.5) is 0 Å². The van der Waals surface area contributed by atoms with Crippen molar-refractivity contribution in [1.82, 2.24) is 4.57 Å². The van der Waals surface area contributed by atoms with Crippen LogP contribution in [0.25, 0.3) is 22.7 Å². The van der Waals surface area contributed by atoms with Gasteiger partial charge in [0.05, 0.1) is 27.9 Å². The molecule has 0 atom stereocenters. The van der Waals surface area contributed by atoms with Gasteiger partial charge in [0.2, 0.25) is 5.88 Å². The summed E-state index contributed by atoms with van der Waals surface area (Å²) in [5, 5.41) is 20.1. The molecule has 0 aliphatic carbocycles. The van der Waals surface area contributed by atoms with E-state index in [-0.39, 0.29) is 5.57 Å². The minimum absolute atomic E-state index is 0.0147. The number of nitriles is 2. The number of halogens is 2. The van der Waals surface area contributed by atoms with E-state index in [1.807, 2.05) is 47.9 Å². The molecule has 6 heteroatoms. The molecule has 0 aliphatic rings. The zero-order valence-corrected chi connectivity index (χ0v) is 15.3. The Morgan fingerprint density at radius 1 is 1.08 bits per heavy atom. The van der Waals surface area contributed by atoms with Crippen LogP contribution in [-0.2, 0) is 0 Å². The van der Waals surface area contributed by atoms with E-state index in [9.17, 15) is 0 Å². The molecule has 0 saturated carbocycles. The fourth-order valence-electron chi connectivity index (χ4n) is 2.82. The number of rotatable bonds is 4. The van der Waals surface area contributed by atoms with Crippen molar-refractivity contribution in [2.45, 2.75) is 6.92 Å². The Labute approximate surface area is 161 Å². The van der Waals surface area contributed by atoms with E-state index in [0.29, 0.717) is 33.8 Å². The second-order valence-electron chi connectivity index (χ2n) is 5.36. The predicted octanol–water partition coefficient (Wildman–Crippen LogP) is 5.77. The van der Waals surface area contributed by atoms with Crippen LogP contribution in [0.15, 0.2) is 48.0 Å². The van der Waals surface area contributed by atoms with Crippen molar-refractivity contribution in [2.24, 2.45) is 0 Å². The number of ether oxygens (including phenoxy) is 1. The molecule has 0 spiro atoms. The Morgan fingerprint density at radius 3 is 2.35 bits per heavy atom. The quantitative estimate of drug-likeness (QED) is 0.539. The molecule has 3 rings (SSSR count). The maximum absolute atomic E-state index is 9.16. The molecule has 0 unspecified atom stereocenters. The zero-order valence-electron chi connectivity index (χ0n) is 13.8. The lowest BCUT2D eigenvalue weighted by molar-refractivity contribution is 0.321. The van der Waals surface area contributed by atoms with E-state index in [0.717, 1.165) is 10.9 Å². The number of hydrogen-bond donors (Lipinski definition) is 0. The Bertz CT molecular complexity index is 1060. The molecule has 0 aliphatic heterocycles. The average Bonchev–Trinajstić information content (AvgIpc) is 2.93. The van der Waals surface area contributed by atoms with Gasteiger partial charge < -0.3 is 4.74 Å². The maximum Gasteiger partial charge on any atom is 0.206 e. The van der Waals surface area contributed by atoms with Gasteiger partial charge in [0, 0.05) is 10.9 Å². The van der Waals surface area contributed by atoms with E-state index >= 15 is 0 Å². The molecule has 26 heavy (non-hydrogen) atoms. The second-order valence-corrected chi connectivity index (χ2v) is 6.17. The van der Waals surface area contributed by atoms with Crippen LogP contribution in [0, 0.1) is 22.7 Å². The molecule has 2 aromatic carbocycles. The van der Waals surface area contributed by atoms with Gasteiger partial charge in [-0.05, 0) is 31.2 Å². The summed E-state index contributed by atoms with van der Waals surface area (Å²) < 4.78 is 7.71. The standard InChI is InChI=1S/C20H13Cl2N3O/c1-2-26-20-15(10-13(11-23)12-24)14-6-3-4-9-18(14)25(20)19-16(21)7-5-8-17(19)22/h3-10H,2H2,1H3. The molecule has 1 aromatic heterocycles. The number of para-hydroxylation sites is 2. The van der Waals surface area contributed by atoms with Gasteiger partial charge >= 0.3 is 0 Å². The zero-order chi connectivity index (χ0) is 18.7. The van der Waals surface area contributed by atoms with E-state index in [1.165, 1.54) is 6.08 Å². The van der Waals surface area contributed by atoms with Crippen LogP contribution in [0.1, 0.15) is 12.5 Å². The lowest BCUT2D eigenvalue weighted by Crippen LogP contribution is -2.03. The Morgan fingerprint density at radius 2 is 1.73 bits per heavy atom. The highest BCUT2D eigenvalue weighted by atomic mass is 35.5. The Balaban J connectivity index is 2.48. The first-order valence-corrected chi connectivity index (χ1v) is 8.60. The monoisotopic (exact) mass is 381 g/mol.